The summed E-state index contributed by atoms with van der Waals surface area (Å²) < 4.78 is 5.28. The van der Waals surface area contributed by atoms with Gasteiger partial charge in [-0.05, 0) is 25.7 Å². The van der Waals surface area contributed by atoms with Crippen molar-refractivity contribution in [1.82, 2.24) is 9.80 Å². The van der Waals surface area contributed by atoms with Gasteiger partial charge in [0.05, 0.1) is 19.8 Å². The number of likely N-dealkylation sites (tertiary alicyclic amines) is 1. The Morgan fingerprint density at radius 2 is 1.90 bits per heavy atom. The van der Waals surface area contributed by atoms with E-state index in [-0.39, 0.29) is 18.4 Å². The van der Waals surface area contributed by atoms with Crippen LogP contribution in [0.1, 0.15) is 32.1 Å². The van der Waals surface area contributed by atoms with E-state index in [1.54, 1.807) is 0 Å². The number of carbonyl (C=O) groups excluding carboxylic acids is 1. The number of carboxylic acid groups (broad SMARTS) is 1. The lowest BCUT2D eigenvalue weighted by atomic mass is 9.98. The molecule has 20 heavy (non-hydrogen) atoms. The van der Waals surface area contributed by atoms with E-state index in [1.165, 1.54) is 0 Å². The summed E-state index contributed by atoms with van der Waals surface area (Å²) >= 11 is 0. The monoisotopic (exact) mass is 284 g/mol. The van der Waals surface area contributed by atoms with Crippen molar-refractivity contribution in [2.45, 2.75) is 38.1 Å². The molecule has 2 aliphatic heterocycles. The third-order valence-corrected chi connectivity index (χ3v) is 4.10. The molecule has 0 bridgehead atoms. The van der Waals surface area contributed by atoms with Crippen LogP contribution in [-0.2, 0) is 14.3 Å². The minimum absolute atomic E-state index is 0.105. The van der Waals surface area contributed by atoms with Crippen LogP contribution < -0.4 is 0 Å². The third-order valence-electron chi connectivity index (χ3n) is 4.10. The lowest BCUT2D eigenvalue weighted by Crippen LogP contribution is -2.50. The number of ether oxygens (including phenoxy) is 1. The summed E-state index contributed by atoms with van der Waals surface area (Å²) in [4.78, 5) is 27.2. The Bertz CT molecular complexity index is 342. The van der Waals surface area contributed by atoms with Crippen LogP contribution >= 0.6 is 0 Å². The van der Waals surface area contributed by atoms with Gasteiger partial charge in [-0.1, -0.05) is 0 Å². The van der Waals surface area contributed by atoms with E-state index in [0.29, 0.717) is 26.2 Å². The zero-order valence-electron chi connectivity index (χ0n) is 11.9. The lowest BCUT2D eigenvalue weighted by Gasteiger charge is -2.37. The molecule has 1 N–H and O–H groups in total. The Kier molecular flexibility index (Phi) is 5.79. The first kappa shape index (κ1) is 15.3. The van der Waals surface area contributed by atoms with Gasteiger partial charge < -0.3 is 14.7 Å². The van der Waals surface area contributed by atoms with E-state index in [1.807, 2.05) is 4.90 Å². The second kappa shape index (κ2) is 7.59. The second-order valence-corrected chi connectivity index (χ2v) is 5.56. The second-order valence-electron chi connectivity index (χ2n) is 5.56. The summed E-state index contributed by atoms with van der Waals surface area (Å²) in [6.45, 7) is 4.20. The zero-order valence-corrected chi connectivity index (χ0v) is 11.9. The Balaban J connectivity index is 1.85. The summed E-state index contributed by atoms with van der Waals surface area (Å²) in [5.74, 6) is -0.641. The predicted octanol–water partition coefficient (Wildman–Crippen LogP) is 0.565. The maximum absolute atomic E-state index is 12.4. The third kappa shape index (κ3) is 4.45. The fourth-order valence-electron chi connectivity index (χ4n) is 2.96. The summed E-state index contributed by atoms with van der Waals surface area (Å²) in [6.07, 6.45) is 3.77. The maximum atomic E-state index is 12.4. The van der Waals surface area contributed by atoms with Crippen molar-refractivity contribution in [3.8, 4) is 0 Å². The molecule has 0 radical (unpaired) electrons. The van der Waals surface area contributed by atoms with Gasteiger partial charge in [0.15, 0.2) is 0 Å². The van der Waals surface area contributed by atoms with Crippen LogP contribution in [-0.4, -0.2) is 72.2 Å². The van der Waals surface area contributed by atoms with Gasteiger partial charge in [-0.3, -0.25) is 14.5 Å². The average Bonchev–Trinajstić information content (AvgIpc) is 2.46. The standard InChI is InChI=1S/C14H24N2O4/c17-13(11-15-7-9-20-10-8-15)16-6-2-1-3-12(16)4-5-14(18)19/h12H,1-11H2,(H,18,19)/t12-/m0/s1. The van der Waals surface area contributed by atoms with E-state index < -0.39 is 5.97 Å². The van der Waals surface area contributed by atoms with Crippen molar-refractivity contribution < 1.29 is 19.4 Å². The quantitative estimate of drug-likeness (QED) is 0.799. The fraction of sp³-hybridized carbons (Fsp3) is 0.857. The smallest absolute Gasteiger partial charge is 0.303 e. The highest BCUT2D eigenvalue weighted by molar-refractivity contribution is 5.78. The zero-order chi connectivity index (χ0) is 14.4. The predicted molar refractivity (Wildman–Crippen MR) is 73.5 cm³/mol. The molecule has 0 aromatic rings. The van der Waals surface area contributed by atoms with E-state index >= 15 is 0 Å². The average molecular weight is 284 g/mol. The highest BCUT2D eigenvalue weighted by Crippen LogP contribution is 2.21. The first-order valence-electron chi connectivity index (χ1n) is 7.48. The largest absolute Gasteiger partial charge is 0.481 e. The molecule has 0 aromatic heterocycles. The van der Waals surface area contributed by atoms with E-state index in [9.17, 15) is 9.59 Å². The number of carboxylic acids is 1. The molecule has 0 aromatic carbocycles. The molecule has 2 saturated heterocycles. The van der Waals surface area contributed by atoms with Crippen LogP contribution in [0.3, 0.4) is 0 Å². The molecule has 6 heteroatoms. The SMILES string of the molecule is O=C(O)CC[C@@H]1CCCCN1C(=O)CN1CCOCC1. The molecule has 0 aliphatic carbocycles. The molecule has 2 heterocycles. The molecule has 0 unspecified atom stereocenters. The topological polar surface area (TPSA) is 70.1 Å². The number of aliphatic carboxylic acids is 1. The Morgan fingerprint density at radius 1 is 1.15 bits per heavy atom. The molecular formula is C14H24N2O4. The summed E-state index contributed by atoms with van der Waals surface area (Å²) in [7, 11) is 0. The van der Waals surface area contributed by atoms with Gasteiger partial charge in [-0.15, -0.1) is 0 Å². The minimum atomic E-state index is -0.781. The van der Waals surface area contributed by atoms with Crippen molar-refractivity contribution in [3.05, 3.63) is 0 Å². The van der Waals surface area contributed by atoms with E-state index in [0.717, 1.165) is 38.9 Å². The lowest BCUT2D eigenvalue weighted by molar-refractivity contribution is -0.141. The number of nitrogens with zero attached hydrogens (tertiary/aromatic N) is 2. The van der Waals surface area contributed by atoms with Gasteiger partial charge in [0, 0.05) is 32.1 Å². The number of hydrogen-bond donors (Lipinski definition) is 1. The van der Waals surface area contributed by atoms with Crippen LogP contribution in [0, 0.1) is 0 Å². The summed E-state index contributed by atoms with van der Waals surface area (Å²) in [5, 5.41) is 8.80. The van der Waals surface area contributed by atoms with Crippen LogP contribution in [0.15, 0.2) is 0 Å². The van der Waals surface area contributed by atoms with Crippen molar-refractivity contribution in [2.24, 2.45) is 0 Å². The van der Waals surface area contributed by atoms with Crippen molar-refractivity contribution in [2.75, 3.05) is 39.4 Å². The number of piperidine rings is 1. The van der Waals surface area contributed by atoms with Crippen molar-refractivity contribution in [1.29, 1.82) is 0 Å². The molecule has 2 fully saturated rings. The Labute approximate surface area is 119 Å². The van der Waals surface area contributed by atoms with Crippen LogP contribution in [0.2, 0.25) is 0 Å². The molecule has 0 spiro atoms. The number of rotatable bonds is 5. The molecule has 6 nitrogen and oxygen atoms in total. The van der Waals surface area contributed by atoms with Crippen LogP contribution in [0.5, 0.6) is 0 Å². The first-order valence-corrected chi connectivity index (χ1v) is 7.48. The van der Waals surface area contributed by atoms with E-state index in [4.69, 9.17) is 9.84 Å². The van der Waals surface area contributed by atoms with Gasteiger partial charge in [0.2, 0.25) is 5.91 Å². The molecule has 2 aliphatic rings. The molecule has 0 saturated carbocycles. The van der Waals surface area contributed by atoms with E-state index in [2.05, 4.69) is 4.90 Å². The highest BCUT2D eigenvalue weighted by atomic mass is 16.5. The normalized spacial score (nSPS) is 24.6. The molecule has 1 amide bonds. The Hall–Kier alpha value is -1.14. The minimum Gasteiger partial charge on any atom is -0.481 e. The first-order chi connectivity index (χ1) is 9.66. The van der Waals surface area contributed by atoms with Crippen molar-refractivity contribution in [3.63, 3.8) is 0 Å². The van der Waals surface area contributed by atoms with Gasteiger partial charge >= 0.3 is 5.97 Å². The van der Waals surface area contributed by atoms with Gasteiger partial charge in [-0.2, -0.15) is 0 Å². The number of amides is 1. The molecule has 2 rings (SSSR count). The summed E-state index contributed by atoms with van der Waals surface area (Å²) in [6, 6.07) is 0.105. The van der Waals surface area contributed by atoms with Gasteiger partial charge in [-0.25, -0.2) is 0 Å². The number of morpholine rings is 1. The maximum Gasteiger partial charge on any atom is 0.303 e. The number of hydrogen-bond acceptors (Lipinski definition) is 4. The molecular weight excluding hydrogens is 260 g/mol. The number of carbonyl (C=O) groups is 2. The van der Waals surface area contributed by atoms with Gasteiger partial charge in [0.1, 0.15) is 0 Å². The van der Waals surface area contributed by atoms with Crippen LogP contribution in [0.4, 0.5) is 0 Å². The molecule has 114 valence electrons. The van der Waals surface area contributed by atoms with Gasteiger partial charge in [0.25, 0.3) is 0 Å². The summed E-state index contributed by atoms with van der Waals surface area (Å²) in [5.41, 5.74) is 0. The van der Waals surface area contributed by atoms with Crippen LogP contribution in [0.25, 0.3) is 0 Å². The highest BCUT2D eigenvalue weighted by Gasteiger charge is 2.28. The Morgan fingerprint density at radius 3 is 2.60 bits per heavy atom. The molecule has 1 atom stereocenters. The van der Waals surface area contributed by atoms with Crippen molar-refractivity contribution >= 4 is 11.9 Å². The fourth-order valence-corrected chi connectivity index (χ4v) is 2.96.